The fourth-order valence-electron chi connectivity index (χ4n) is 2.08. The number of hydrogen-bond acceptors (Lipinski definition) is 3. The van der Waals surface area contributed by atoms with Crippen LogP contribution >= 0.6 is 0 Å². The van der Waals surface area contributed by atoms with Crippen molar-refractivity contribution in [3.8, 4) is 0 Å². The Morgan fingerprint density at radius 2 is 1.78 bits per heavy atom. The van der Waals surface area contributed by atoms with Crippen LogP contribution in [0.15, 0.2) is 0 Å². The Morgan fingerprint density at radius 1 is 1.28 bits per heavy atom. The minimum absolute atomic E-state index is 0.0528. The van der Waals surface area contributed by atoms with Crippen molar-refractivity contribution in [3.05, 3.63) is 0 Å². The first-order valence-electron chi connectivity index (χ1n) is 6.71. The minimum Gasteiger partial charge on any atom is -0.389 e. The largest absolute Gasteiger partial charge is 0.389 e. The molecular weight excluding hydrogens is 228 g/mol. The molecule has 0 heterocycles. The maximum absolute atomic E-state index is 12.4. The van der Waals surface area contributed by atoms with Crippen molar-refractivity contribution < 1.29 is 9.90 Å². The first-order valence-corrected chi connectivity index (χ1v) is 6.71. The second kappa shape index (κ2) is 6.53. The van der Waals surface area contributed by atoms with E-state index in [1.54, 1.807) is 18.7 Å². The molecule has 0 aromatic carbocycles. The summed E-state index contributed by atoms with van der Waals surface area (Å²) in [5.74, 6) is -0.107. The fourth-order valence-corrected chi connectivity index (χ4v) is 2.08. The molecule has 0 aliphatic carbocycles. The molecule has 4 heteroatoms. The van der Waals surface area contributed by atoms with Gasteiger partial charge in [0.05, 0.1) is 11.5 Å². The van der Waals surface area contributed by atoms with Crippen molar-refractivity contribution in [2.75, 3.05) is 19.6 Å². The van der Waals surface area contributed by atoms with Gasteiger partial charge < -0.3 is 15.7 Å². The molecule has 0 aliphatic rings. The van der Waals surface area contributed by atoms with E-state index in [1.807, 2.05) is 6.92 Å². The molecule has 1 amide bonds. The van der Waals surface area contributed by atoms with Crippen LogP contribution in [0.4, 0.5) is 0 Å². The van der Waals surface area contributed by atoms with Crippen molar-refractivity contribution >= 4 is 5.91 Å². The standard InChI is InChI=1S/C14H30N2O2/c1-7-16(10-14(5,6)18)12(17)11(9-15)8-13(2,3)4/h11,18H,7-10,15H2,1-6H3. The summed E-state index contributed by atoms with van der Waals surface area (Å²) in [7, 11) is 0. The van der Waals surface area contributed by atoms with Crippen molar-refractivity contribution in [2.45, 2.75) is 53.6 Å². The quantitative estimate of drug-likeness (QED) is 0.761. The fraction of sp³-hybridized carbons (Fsp3) is 0.929. The number of carbonyl (C=O) groups is 1. The van der Waals surface area contributed by atoms with Crippen LogP contribution < -0.4 is 5.73 Å². The van der Waals surface area contributed by atoms with Gasteiger partial charge in [-0.2, -0.15) is 0 Å². The van der Waals surface area contributed by atoms with E-state index in [0.29, 0.717) is 19.6 Å². The molecule has 18 heavy (non-hydrogen) atoms. The maximum atomic E-state index is 12.4. The minimum atomic E-state index is -0.869. The molecule has 0 aromatic rings. The molecule has 4 nitrogen and oxygen atoms in total. The SMILES string of the molecule is CCN(CC(C)(C)O)C(=O)C(CN)CC(C)(C)C. The molecule has 0 saturated carbocycles. The molecule has 3 N–H and O–H groups in total. The van der Waals surface area contributed by atoms with Gasteiger partial charge in [-0.25, -0.2) is 0 Å². The van der Waals surface area contributed by atoms with Crippen LogP contribution in [0.3, 0.4) is 0 Å². The van der Waals surface area contributed by atoms with Crippen LogP contribution in [-0.2, 0) is 4.79 Å². The van der Waals surface area contributed by atoms with Crippen LogP contribution in [-0.4, -0.2) is 41.1 Å². The molecule has 0 fully saturated rings. The Hall–Kier alpha value is -0.610. The predicted octanol–water partition coefficient (Wildman–Crippen LogP) is 1.62. The average molecular weight is 258 g/mol. The van der Waals surface area contributed by atoms with Crippen LogP contribution in [0.2, 0.25) is 0 Å². The molecule has 0 saturated heterocycles. The lowest BCUT2D eigenvalue weighted by Crippen LogP contribution is -2.46. The van der Waals surface area contributed by atoms with Crippen molar-refractivity contribution in [1.29, 1.82) is 0 Å². The highest BCUT2D eigenvalue weighted by Gasteiger charge is 2.29. The zero-order valence-corrected chi connectivity index (χ0v) is 12.8. The van der Waals surface area contributed by atoms with Gasteiger partial charge in [-0.05, 0) is 32.6 Å². The van der Waals surface area contributed by atoms with Crippen molar-refractivity contribution in [1.82, 2.24) is 4.90 Å². The lowest BCUT2D eigenvalue weighted by atomic mass is 9.84. The Balaban J connectivity index is 4.74. The Kier molecular flexibility index (Phi) is 6.30. The Labute approximate surface area is 112 Å². The third-order valence-electron chi connectivity index (χ3n) is 2.76. The van der Waals surface area contributed by atoms with Crippen molar-refractivity contribution in [3.63, 3.8) is 0 Å². The zero-order chi connectivity index (χ0) is 14.6. The highest BCUT2D eigenvalue weighted by molar-refractivity contribution is 5.79. The number of aliphatic hydroxyl groups is 1. The summed E-state index contributed by atoms with van der Waals surface area (Å²) in [5.41, 5.74) is 4.94. The summed E-state index contributed by atoms with van der Waals surface area (Å²) in [4.78, 5) is 14.1. The number of nitrogens with zero attached hydrogens (tertiary/aromatic N) is 1. The molecule has 1 atom stereocenters. The van der Waals surface area contributed by atoms with Gasteiger partial charge in [-0.15, -0.1) is 0 Å². The third-order valence-corrected chi connectivity index (χ3v) is 2.76. The van der Waals surface area contributed by atoms with E-state index in [2.05, 4.69) is 20.8 Å². The summed E-state index contributed by atoms with van der Waals surface area (Å²) in [5, 5.41) is 9.83. The van der Waals surface area contributed by atoms with Gasteiger partial charge in [-0.1, -0.05) is 20.8 Å². The van der Waals surface area contributed by atoms with Gasteiger partial charge in [0.2, 0.25) is 5.91 Å². The first-order chi connectivity index (χ1) is 8.00. The number of nitrogens with two attached hydrogens (primary N) is 1. The van der Waals surface area contributed by atoms with E-state index >= 15 is 0 Å². The molecule has 108 valence electrons. The normalized spacial score (nSPS) is 14.4. The second-order valence-corrected chi connectivity index (χ2v) is 6.86. The molecule has 0 radical (unpaired) electrons. The van der Waals surface area contributed by atoms with Gasteiger partial charge in [0.15, 0.2) is 0 Å². The summed E-state index contributed by atoms with van der Waals surface area (Å²) in [6.07, 6.45) is 0.769. The maximum Gasteiger partial charge on any atom is 0.227 e. The molecule has 0 bridgehead atoms. The monoisotopic (exact) mass is 258 g/mol. The van der Waals surface area contributed by atoms with E-state index in [1.165, 1.54) is 0 Å². The summed E-state index contributed by atoms with van der Waals surface area (Å²) in [6, 6.07) is 0. The van der Waals surface area contributed by atoms with Gasteiger partial charge in [-0.3, -0.25) is 4.79 Å². The van der Waals surface area contributed by atoms with Gasteiger partial charge >= 0.3 is 0 Å². The van der Waals surface area contributed by atoms with Gasteiger partial charge in [0.1, 0.15) is 0 Å². The van der Waals surface area contributed by atoms with Crippen LogP contribution in [0, 0.1) is 11.3 Å². The number of hydrogen-bond donors (Lipinski definition) is 2. The second-order valence-electron chi connectivity index (χ2n) is 6.86. The van der Waals surface area contributed by atoms with Gasteiger partial charge in [0.25, 0.3) is 0 Å². The van der Waals surface area contributed by atoms with E-state index < -0.39 is 5.60 Å². The first kappa shape index (κ1) is 17.4. The van der Waals surface area contributed by atoms with E-state index in [-0.39, 0.29) is 17.2 Å². The molecule has 0 aliphatic heterocycles. The molecule has 0 spiro atoms. The number of carbonyl (C=O) groups excluding carboxylic acids is 1. The average Bonchev–Trinajstić information content (AvgIpc) is 2.19. The molecular formula is C14H30N2O2. The van der Waals surface area contributed by atoms with Crippen LogP contribution in [0.5, 0.6) is 0 Å². The van der Waals surface area contributed by atoms with Crippen LogP contribution in [0.25, 0.3) is 0 Å². The smallest absolute Gasteiger partial charge is 0.227 e. The van der Waals surface area contributed by atoms with Crippen LogP contribution in [0.1, 0.15) is 48.0 Å². The Morgan fingerprint density at radius 3 is 2.06 bits per heavy atom. The number of likely N-dealkylation sites (N-methyl/N-ethyl adjacent to an activating group) is 1. The third kappa shape index (κ3) is 6.97. The topological polar surface area (TPSA) is 66.6 Å². The number of amides is 1. The molecule has 0 aromatic heterocycles. The van der Waals surface area contributed by atoms with E-state index in [4.69, 9.17) is 5.73 Å². The molecule has 1 unspecified atom stereocenters. The highest BCUT2D eigenvalue weighted by atomic mass is 16.3. The van der Waals surface area contributed by atoms with Gasteiger partial charge in [0, 0.05) is 19.6 Å². The predicted molar refractivity (Wildman–Crippen MR) is 75.2 cm³/mol. The van der Waals surface area contributed by atoms with E-state index in [9.17, 15) is 9.90 Å². The summed E-state index contributed by atoms with van der Waals surface area (Å²) < 4.78 is 0. The lowest BCUT2D eigenvalue weighted by Gasteiger charge is -2.33. The lowest BCUT2D eigenvalue weighted by molar-refractivity contribution is -0.139. The van der Waals surface area contributed by atoms with E-state index in [0.717, 1.165) is 6.42 Å². The molecule has 0 rings (SSSR count). The zero-order valence-electron chi connectivity index (χ0n) is 12.8. The number of rotatable bonds is 6. The highest BCUT2D eigenvalue weighted by Crippen LogP contribution is 2.25. The summed E-state index contributed by atoms with van der Waals surface area (Å²) >= 11 is 0. The Bertz CT molecular complexity index is 238. The van der Waals surface area contributed by atoms with Crippen molar-refractivity contribution in [2.24, 2.45) is 17.1 Å². The summed E-state index contributed by atoms with van der Waals surface area (Å²) in [6.45, 7) is 13.0.